The number of hydrogen-bond donors (Lipinski definition) is 1. The molecule has 0 aliphatic carbocycles. The minimum absolute atomic E-state index is 0.0106. The summed E-state index contributed by atoms with van der Waals surface area (Å²) < 4.78 is 5.68. The van der Waals surface area contributed by atoms with E-state index in [1.807, 2.05) is 68.1 Å². The predicted molar refractivity (Wildman–Crippen MR) is 140 cm³/mol. The number of pyridine rings is 2. The Kier molecular flexibility index (Phi) is 7.52. The third-order valence-electron chi connectivity index (χ3n) is 6.63. The number of piperazine rings is 1. The van der Waals surface area contributed by atoms with Gasteiger partial charge in [0.2, 0.25) is 5.88 Å². The number of nitrogens with two attached hydrogens (primary N) is 1. The molecule has 0 unspecified atom stereocenters. The van der Waals surface area contributed by atoms with Crippen molar-refractivity contribution in [3.8, 4) is 17.0 Å². The maximum absolute atomic E-state index is 13.3. The second kappa shape index (κ2) is 10.8. The van der Waals surface area contributed by atoms with Gasteiger partial charge in [-0.25, -0.2) is 4.98 Å². The summed E-state index contributed by atoms with van der Waals surface area (Å²) in [4.78, 5) is 38.7. The number of anilines is 1. The van der Waals surface area contributed by atoms with Crippen LogP contribution in [0.15, 0.2) is 48.7 Å². The topological polar surface area (TPSA) is 102 Å². The zero-order valence-corrected chi connectivity index (χ0v) is 21.3. The monoisotopic (exact) mass is 487 g/mol. The average Bonchev–Trinajstić information content (AvgIpc) is 2.88. The summed E-state index contributed by atoms with van der Waals surface area (Å²) in [5.74, 6) is 0.00892. The van der Waals surface area contributed by atoms with Crippen LogP contribution >= 0.6 is 0 Å². The highest BCUT2D eigenvalue weighted by Crippen LogP contribution is 2.34. The van der Waals surface area contributed by atoms with Gasteiger partial charge in [0, 0.05) is 48.8 Å². The largest absolute Gasteiger partial charge is 0.478 e. The smallest absolute Gasteiger partial charge is 0.255 e. The molecule has 1 aliphatic heterocycles. The van der Waals surface area contributed by atoms with E-state index >= 15 is 0 Å². The Balaban J connectivity index is 1.62. The molecule has 2 amide bonds. The van der Waals surface area contributed by atoms with E-state index < -0.39 is 5.91 Å². The van der Waals surface area contributed by atoms with Crippen molar-refractivity contribution in [2.24, 2.45) is 5.73 Å². The van der Waals surface area contributed by atoms with Gasteiger partial charge in [-0.1, -0.05) is 13.0 Å². The Morgan fingerprint density at radius 3 is 2.58 bits per heavy atom. The third kappa shape index (κ3) is 5.03. The highest BCUT2D eigenvalue weighted by atomic mass is 16.5. The number of hydrogen-bond acceptors (Lipinski definition) is 6. The summed E-state index contributed by atoms with van der Waals surface area (Å²) in [6.07, 6.45) is 2.49. The number of benzene rings is 1. The number of rotatable bonds is 7. The first-order valence-corrected chi connectivity index (χ1v) is 12.4. The van der Waals surface area contributed by atoms with Crippen molar-refractivity contribution in [2.75, 3.05) is 31.1 Å². The van der Waals surface area contributed by atoms with Crippen molar-refractivity contribution >= 4 is 17.5 Å². The number of nitrogens with zero attached hydrogens (tertiary/aromatic N) is 4. The Morgan fingerprint density at radius 2 is 1.89 bits per heavy atom. The maximum Gasteiger partial charge on any atom is 0.255 e. The Labute approximate surface area is 212 Å². The fourth-order valence-corrected chi connectivity index (χ4v) is 4.80. The minimum atomic E-state index is -0.497. The molecule has 3 heterocycles. The van der Waals surface area contributed by atoms with Crippen LogP contribution in [0.5, 0.6) is 5.88 Å². The SMILES string of the molecule is CCOc1ncccc1-c1ccc(N2CCN(C(=O)c3ccc(C)nc3C)C[C@H]2CC)c(C(N)=O)c1. The molecular weight excluding hydrogens is 454 g/mol. The molecule has 0 radical (unpaired) electrons. The van der Waals surface area contributed by atoms with E-state index in [4.69, 9.17) is 10.5 Å². The van der Waals surface area contributed by atoms with E-state index in [0.717, 1.165) is 34.6 Å². The van der Waals surface area contributed by atoms with Gasteiger partial charge in [-0.2, -0.15) is 0 Å². The molecule has 1 aromatic carbocycles. The fraction of sp³-hybridized carbons (Fsp3) is 0.357. The van der Waals surface area contributed by atoms with Crippen LogP contribution in [-0.2, 0) is 0 Å². The van der Waals surface area contributed by atoms with Crippen LogP contribution in [0.4, 0.5) is 5.69 Å². The number of primary amides is 1. The molecule has 1 saturated heterocycles. The van der Waals surface area contributed by atoms with Gasteiger partial charge < -0.3 is 20.3 Å². The van der Waals surface area contributed by atoms with E-state index in [0.29, 0.717) is 43.2 Å². The van der Waals surface area contributed by atoms with E-state index in [1.54, 1.807) is 6.20 Å². The number of carbonyl (C=O) groups is 2. The van der Waals surface area contributed by atoms with Gasteiger partial charge in [-0.3, -0.25) is 14.6 Å². The number of amides is 2. The molecule has 1 fully saturated rings. The summed E-state index contributed by atoms with van der Waals surface area (Å²) in [5, 5.41) is 0. The lowest BCUT2D eigenvalue weighted by atomic mass is 9.99. The Bertz CT molecular complexity index is 1280. The number of aromatic nitrogens is 2. The summed E-state index contributed by atoms with van der Waals surface area (Å²) in [6.45, 7) is 9.96. The van der Waals surface area contributed by atoms with E-state index in [-0.39, 0.29) is 11.9 Å². The zero-order valence-electron chi connectivity index (χ0n) is 21.3. The average molecular weight is 488 g/mol. The second-order valence-corrected chi connectivity index (χ2v) is 8.98. The zero-order chi connectivity index (χ0) is 25.8. The molecule has 4 rings (SSSR count). The van der Waals surface area contributed by atoms with Crippen LogP contribution in [0.1, 0.15) is 52.4 Å². The van der Waals surface area contributed by atoms with Crippen LogP contribution < -0.4 is 15.4 Å². The number of aryl methyl sites for hydroxylation is 2. The highest BCUT2D eigenvalue weighted by molar-refractivity contribution is 6.00. The van der Waals surface area contributed by atoms with Crippen molar-refractivity contribution in [1.82, 2.24) is 14.9 Å². The van der Waals surface area contributed by atoms with Crippen LogP contribution in [0.2, 0.25) is 0 Å². The van der Waals surface area contributed by atoms with Gasteiger partial charge >= 0.3 is 0 Å². The molecule has 0 bridgehead atoms. The van der Waals surface area contributed by atoms with Crippen molar-refractivity contribution in [1.29, 1.82) is 0 Å². The lowest BCUT2D eigenvalue weighted by Gasteiger charge is -2.43. The molecule has 1 aliphatic rings. The number of carbonyl (C=O) groups excluding carboxylic acids is 2. The molecule has 8 heteroatoms. The summed E-state index contributed by atoms with van der Waals surface area (Å²) in [5.41, 5.74) is 10.9. The van der Waals surface area contributed by atoms with E-state index in [2.05, 4.69) is 21.8 Å². The maximum atomic E-state index is 13.3. The highest BCUT2D eigenvalue weighted by Gasteiger charge is 2.31. The van der Waals surface area contributed by atoms with Gasteiger partial charge in [0.15, 0.2) is 0 Å². The van der Waals surface area contributed by atoms with E-state index in [1.165, 1.54) is 0 Å². The van der Waals surface area contributed by atoms with Gasteiger partial charge in [0.25, 0.3) is 11.8 Å². The van der Waals surface area contributed by atoms with Crippen molar-refractivity contribution in [2.45, 2.75) is 40.2 Å². The molecule has 2 N–H and O–H groups in total. The standard InChI is InChI=1S/C28H33N5O3/c1-5-21-17-32(28(35)22-11-9-18(3)31-19(22)4)14-15-33(21)25-12-10-20(16-24(25)26(29)34)23-8-7-13-30-27(23)36-6-2/h7-13,16,21H,5-6,14-15,17H2,1-4H3,(H2,29,34)/t21-/m1/s1. The first-order chi connectivity index (χ1) is 17.3. The molecule has 0 saturated carbocycles. The van der Waals surface area contributed by atoms with Crippen LogP contribution in [0, 0.1) is 13.8 Å². The lowest BCUT2D eigenvalue weighted by Crippen LogP contribution is -2.55. The first-order valence-electron chi connectivity index (χ1n) is 12.4. The molecule has 3 aromatic rings. The second-order valence-electron chi connectivity index (χ2n) is 8.98. The van der Waals surface area contributed by atoms with E-state index in [9.17, 15) is 9.59 Å². The molecule has 2 aromatic heterocycles. The van der Waals surface area contributed by atoms with Crippen LogP contribution in [0.3, 0.4) is 0 Å². The molecule has 1 atom stereocenters. The van der Waals surface area contributed by atoms with Gasteiger partial charge in [0.05, 0.1) is 23.4 Å². The van der Waals surface area contributed by atoms with Gasteiger partial charge in [0.1, 0.15) is 0 Å². The molecule has 8 nitrogen and oxygen atoms in total. The van der Waals surface area contributed by atoms with Crippen molar-refractivity contribution < 1.29 is 14.3 Å². The Morgan fingerprint density at radius 1 is 1.08 bits per heavy atom. The fourth-order valence-electron chi connectivity index (χ4n) is 4.80. The normalized spacial score (nSPS) is 15.6. The summed E-state index contributed by atoms with van der Waals surface area (Å²) in [7, 11) is 0. The molecule has 36 heavy (non-hydrogen) atoms. The quantitative estimate of drug-likeness (QED) is 0.541. The summed E-state index contributed by atoms with van der Waals surface area (Å²) in [6, 6.07) is 13.2. The minimum Gasteiger partial charge on any atom is -0.478 e. The lowest BCUT2D eigenvalue weighted by molar-refractivity contribution is 0.0719. The molecular formula is C28H33N5O3. The first kappa shape index (κ1) is 25.2. The molecule has 0 spiro atoms. The predicted octanol–water partition coefficient (Wildman–Crippen LogP) is 4.00. The van der Waals surface area contributed by atoms with Crippen LogP contribution in [0.25, 0.3) is 11.1 Å². The van der Waals surface area contributed by atoms with Crippen molar-refractivity contribution in [3.63, 3.8) is 0 Å². The van der Waals surface area contributed by atoms with Gasteiger partial charge in [-0.05, 0) is 69.2 Å². The number of ether oxygens (including phenoxy) is 1. The third-order valence-corrected chi connectivity index (χ3v) is 6.63. The van der Waals surface area contributed by atoms with Crippen LogP contribution in [-0.4, -0.2) is 59.0 Å². The molecule has 188 valence electrons. The van der Waals surface area contributed by atoms with Crippen molar-refractivity contribution in [3.05, 3.63) is 71.2 Å². The van der Waals surface area contributed by atoms with Gasteiger partial charge in [-0.15, -0.1) is 0 Å². The summed E-state index contributed by atoms with van der Waals surface area (Å²) >= 11 is 0. The Hall–Kier alpha value is -3.94.